The lowest BCUT2D eigenvalue weighted by atomic mass is 10.1. The van der Waals surface area contributed by atoms with Gasteiger partial charge in [0.15, 0.2) is 5.72 Å². The fourth-order valence-corrected chi connectivity index (χ4v) is 1.61. The van der Waals surface area contributed by atoms with Crippen molar-refractivity contribution in [1.29, 1.82) is 0 Å². The summed E-state index contributed by atoms with van der Waals surface area (Å²) >= 11 is 0. The van der Waals surface area contributed by atoms with E-state index in [1.165, 1.54) is 0 Å². The van der Waals surface area contributed by atoms with E-state index in [4.69, 9.17) is 0 Å². The van der Waals surface area contributed by atoms with Crippen molar-refractivity contribution in [3.8, 4) is 0 Å². The van der Waals surface area contributed by atoms with Gasteiger partial charge in [-0.3, -0.25) is 0 Å². The summed E-state index contributed by atoms with van der Waals surface area (Å²) in [7, 11) is -3.28. The Hall–Kier alpha value is -0.170. The zero-order valence-corrected chi connectivity index (χ0v) is 6.40. The number of aliphatic hydroxyl groups is 1. The molecule has 0 radical (unpaired) electrons. The molecule has 60 valence electrons. The Kier molecular flexibility index (Phi) is 1.71. The zero-order chi connectivity index (χ0) is 7.83. The molecule has 0 bridgehead atoms. The van der Waals surface area contributed by atoms with Crippen LogP contribution in [0.1, 0.15) is 0 Å². The second-order valence-corrected chi connectivity index (χ2v) is 4.26. The van der Waals surface area contributed by atoms with Gasteiger partial charge in [-0.05, 0) is 0 Å². The van der Waals surface area contributed by atoms with E-state index < -0.39 is 15.7 Å². The summed E-state index contributed by atoms with van der Waals surface area (Å²) in [6.45, 7) is 0.556. The molecule has 1 aliphatic rings. The summed E-state index contributed by atoms with van der Waals surface area (Å²) in [6, 6.07) is 0. The summed E-state index contributed by atoms with van der Waals surface area (Å²) < 4.78 is 23.2. The molecule has 0 atom stereocenters. The minimum atomic E-state index is -3.28. The van der Waals surface area contributed by atoms with Crippen molar-refractivity contribution in [2.75, 3.05) is 19.3 Å². The third kappa shape index (κ3) is 1.91. The van der Waals surface area contributed by atoms with Crippen LogP contribution in [0.15, 0.2) is 0 Å². The monoisotopic (exact) mass is 166 g/mol. The molecule has 3 N–H and O–H groups in total. The Balaban J connectivity index is 2.53. The third-order valence-electron chi connectivity index (χ3n) is 1.21. The molecule has 0 spiro atoms. The van der Waals surface area contributed by atoms with Crippen molar-refractivity contribution in [2.24, 2.45) is 0 Å². The van der Waals surface area contributed by atoms with Gasteiger partial charge in [0.1, 0.15) is 0 Å². The molecule has 6 heteroatoms. The van der Waals surface area contributed by atoms with Crippen molar-refractivity contribution >= 4 is 10.0 Å². The molecular weight excluding hydrogens is 156 g/mol. The van der Waals surface area contributed by atoms with Gasteiger partial charge in [0, 0.05) is 13.1 Å². The van der Waals surface area contributed by atoms with E-state index in [0.717, 1.165) is 6.26 Å². The van der Waals surface area contributed by atoms with Crippen molar-refractivity contribution in [3.05, 3.63) is 0 Å². The minimum Gasteiger partial charge on any atom is -0.372 e. The van der Waals surface area contributed by atoms with Gasteiger partial charge in [-0.25, -0.2) is 8.42 Å². The lowest BCUT2D eigenvalue weighted by Gasteiger charge is -2.37. The van der Waals surface area contributed by atoms with E-state index in [1.54, 1.807) is 0 Å². The van der Waals surface area contributed by atoms with Gasteiger partial charge >= 0.3 is 0 Å². The van der Waals surface area contributed by atoms with Gasteiger partial charge in [0.2, 0.25) is 10.0 Å². The number of hydrogen-bond donors (Lipinski definition) is 3. The van der Waals surface area contributed by atoms with Crippen LogP contribution >= 0.6 is 0 Å². The molecule has 0 saturated carbocycles. The van der Waals surface area contributed by atoms with Gasteiger partial charge in [0.05, 0.1) is 6.26 Å². The van der Waals surface area contributed by atoms with Gasteiger partial charge in [0.25, 0.3) is 0 Å². The van der Waals surface area contributed by atoms with Crippen LogP contribution in [0.4, 0.5) is 0 Å². The highest BCUT2D eigenvalue weighted by Gasteiger charge is 2.36. The Morgan fingerprint density at radius 1 is 1.60 bits per heavy atom. The summed E-state index contributed by atoms with van der Waals surface area (Å²) in [6.07, 6.45) is 1.02. The van der Waals surface area contributed by atoms with E-state index in [9.17, 15) is 13.5 Å². The van der Waals surface area contributed by atoms with Crippen LogP contribution in [-0.4, -0.2) is 38.6 Å². The SMILES string of the molecule is CS(=O)(=O)NC1(O)CNC1. The summed E-state index contributed by atoms with van der Waals surface area (Å²) in [5.74, 6) is 0. The second kappa shape index (κ2) is 2.16. The van der Waals surface area contributed by atoms with Crippen molar-refractivity contribution in [1.82, 2.24) is 10.0 Å². The molecule has 1 aliphatic heterocycles. The second-order valence-electron chi connectivity index (χ2n) is 2.51. The molecule has 1 saturated heterocycles. The van der Waals surface area contributed by atoms with E-state index in [0.29, 0.717) is 0 Å². The molecule has 0 amide bonds. The number of rotatable bonds is 2. The number of β-amino-alcohol motifs (C(OH)–C–C–N with tert-alkyl or cyclic N) is 1. The Labute approximate surface area is 59.5 Å². The molecule has 0 aromatic carbocycles. The van der Waals surface area contributed by atoms with E-state index >= 15 is 0 Å². The first-order valence-electron chi connectivity index (χ1n) is 2.83. The van der Waals surface area contributed by atoms with Crippen molar-refractivity contribution in [2.45, 2.75) is 5.72 Å². The topological polar surface area (TPSA) is 78.4 Å². The molecule has 1 rings (SSSR count). The Bertz CT molecular complexity index is 219. The maximum atomic E-state index is 10.5. The number of nitrogens with one attached hydrogen (secondary N) is 2. The zero-order valence-electron chi connectivity index (χ0n) is 5.59. The third-order valence-corrected chi connectivity index (χ3v) is 1.96. The average molecular weight is 166 g/mol. The maximum absolute atomic E-state index is 10.5. The molecule has 10 heavy (non-hydrogen) atoms. The van der Waals surface area contributed by atoms with Gasteiger partial charge in [-0.2, -0.15) is 4.72 Å². The van der Waals surface area contributed by atoms with Crippen molar-refractivity contribution < 1.29 is 13.5 Å². The molecule has 0 aromatic heterocycles. The largest absolute Gasteiger partial charge is 0.372 e. The summed E-state index contributed by atoms with van der Waals surface area (Å²) in [5.41, 5.74) is -1.24. The maximum Gasteiger partial charge on any atom is 0.211 e. The van der Waals surface area contributed by atoms with Crippen LogP contribution < -0.4 is 10.0 Å². The van der Waals surface area contributed by atoms with Crippen LogP contribution in [0.3, 0.4) is 0 Å². The van der Waals surface area contributed by atoms with Gasteiger partial charge in [-0.1, -0.05) is 0 Å². The smallest absolute Gasteiger partial charge is 0.211 e. The van der Waals surface area contributed by atoms with Crippen molar-refractivity contribution in [3.63, 3.8) is 0 Å². The molecule has 0 unspecified atom stereocenters. The van der Waals surface area contributed by atoms with Crippen LogP contribution in [-0.2, 0) is 10.0 Å². The number of sulfonamides is 1. The predicted molar refractivity (Wildman–Crippen MR) is 35.8 cm³/mol. The summed E-state index contributed by atoms with van der Waals surface area (Å²) in [4.78, 5) is 0. The quantitative estimate of drug-likeness (QED) is 0.408. The highest BCUT2D eigenvalue weighted by Crippen LogP contribution is 2.05. The molecule has 0 aliphatic carbocycles. The average Bonchev–Trinajstić information content (AvgIpc) is 1.57. The summed E-state index contributed by atoms with van der Waals surface area (Å²) in [5, 5.41) is 11.9. The Morgan fingerprint density at radius 3 is 2.20 bits per heavy atom. The molecule has 1 fully saturated rings. The number of hydrogen-bond acceptors (Lipinski definition) is 4. The highest BCUT2D eigenvalue weighted by atomic mass is 32.2. The first-order valence-corrected chi connectivity index (χ1v) is 4.72. The highest BCUT2D eigenvalue weighted by molar-refractivity contribution is 7.88. The minimum absolute atomic E-state index is 0.278. The lowest BCUT2D eigenvalue weighted by Crippen LogP contribution is -2.68. The molecule has 5 nitrogen and oxygen atoms in total. The predicted octanol–water partition coefficient (Wildman–Crippen LogP) is -2.17. The standard InChI is InChI=1S/C4H10N2O3S/c1-10(8,9)6-4(7)2-5-3-4/h5-7H,2-3H2,1H3. The van der Waals surface area contributed by atoms with E-state index in [2.05, 4.69) is 10.0 Å². The molecule has 0 aromatic rings. The Morgan fingerprint density at radius 2 is 2.10 bits per heavy atom. The molecule has 1 heterocycles. The van der Waals surface area contributed by atoms with Crippen LogP contribution in [0.25, 0.3) is 0 Å². The van der Waals surface area contributed by atoms with Gasteiger partial charge in [-0.15, -0.1) is 0 Å². The van der Waals surface area contributed by atoms with E-state index in [1.807, 2.05) is 0 Å². The first kappa shape index (κ1) is 7.93. The van der Waals surface area contributed by atoms with Crippen LogP contribution in [0.5, 0.6) is 0 Å². The molecular formula is C4H10N2O3S. The van der Waals surface area contributed by atoms with Gasteiger partial charge < -0.3 is 10.4 Å². The van der Waals surface area contributed by atoms with Crippen LogP contribution in [0, 0.1) is 0 Å². The first-order chi connectivity index (χ1) is 4.41. The van der Waals surface area contributed by atoms with E-state index in [-0.39, 0.29) is 13.1 Å². The fourth-order valence-electron chi connectivity index (χ4n) is 0.779. The lowest BCUT2D eigenvalue weighted by molar-refractivity contribution is -0.0197. The normalized spacial score (nSPS) is 23.8. The van der Waals surface area contributed by atoms with Crippen LogP contribution in [0.2, 0.25) is 0 Å². The fraction of sp³-hybridized carbons (Fsp3) is 1.00.